The maximum atomic E-state index is 10.8. The number of nitrogens with zero attached hydrogens (tertiary/aromatic N) is 2. The van der Waals surface area contributed by atoms with Crippen molar-refractivity contribution in [3.63, 3.8) is 0 Å². The topological polar surface area (TPSA) is 53.4 Å². The number of hydrogen-bond donors (Lipinski definition) is 1. The van der Waals surface area contributed by atoms with Gasteiger partial charge in [-0.3, -0.25) is 0 Å². The number of pyridine rings is 1. The van der Waals surface area contributed by atoms with Gasteiger partial charge < -0.3 is 10.0 Å². The molecule has 0 radical (unpaired) electrons. The van der Waals surface area contributed by atoms with Gasteiger partial charge in [0.15, 0.2) is 0 Å². The second-order valence-electron chi connectivity index (χ2n) is 3.97. The van der Waals surface area contributed by atoms with Crippen molar-refractivity contribution in [2.24, 2.45) is 0 Å². The molecule has 1 aromatic heterocycles. The van der Waals surface area contributed by atoms with Gasteiger partial charge in [-0.15, -0.1) is 0 Å². The van der Waals surface area contributed by atoms with Crippen LogP contribution in [0.4, 0.5) is 5.82 Å². The molecule has 0 fully saturated rings. The molecule has 1 aromatic rings. The number of carbonyl (C=O) groups is 1. The number of anilines is 1. The second-order valence-corrected chi connectivity index (χ2v) is 3.97. The summed E-state index contributed by atoms with van der Waals surface area (Å²) in [4.78, 5) is 17.2. The number of hydrogen-bond acceptors (Lipinski definition) is 3. The third kappa shape index (κ3) is 2.21. The molecule has 2 rings (SSSR count). The van der Waals surface area contributed by atoms with Gasteiger partial charge in [0.1, 0.15) is 5.82 Å². The Balaban J connectivity index is 2.24. The Morgan fingerprint density at radius 1 is 1.56 bits per heavy atom. The highest BCUT2D eigenvalue weighted by atomic mass is 16.4. The van der Waals surface area contributed by atoms with Crippen LogP contribution in [0.1, 0.15) is 23.7 Å². The fourth-order valence-corrected chi connectivity index (χ4v) is 1.83. The lowest BCUT2D eigenvalue weighted by Crippen LogP contribution is -2.30. The van der Waals surface area contributed by atoms with Crippen molar-refractivity contribution in [2.75, 3.05) is 18.0 Å². The van der Waals surface area contributed by atoms with Gasteiger partial charge in [-0.1, -0.05) is 11.6 Å². The predicted molar refractivity (Wildman–Crippen MR) is 61.8 cm³/mol. The summed E-state index contributed by atoms with van der Waals surface area (Å²) in [5.74, 6) is -0.166. The van der Waals surface area contributed by atoms with E-state index in [9.17, 15) is 4.79 Å². The van der Waals surface area contributed by atoms with Gasteiger partial charge in [0.05, 0.1) is 5.56 Å². The van der Waals surface area contributed by atoms with Gasteiger partial charge in [-0.05, 0) is 25.5 Å². The molecule has 16 heavy (non-hydrogen) atoms. The maximum Gasteiger partial charge on any atom is 0.335 e. The average molecular weight is 218 g/mol. The Kier molecular flexibility index (Phi) is 2.90. The van der Waals surface area contributed by atoms with E-state index in [0.29, 0.717) is 0 Å². The standard InChI is InChI=1S/C12H14N2O2/c1-9-3-2-6-14(8-9)11-7-10(12(15)16)4-5-13-11/h3-5,7H,2,6,8H2,1H3,(H,15,16). The summed E-state index contributed by atoms with van der Waals surface area (Å²) < 4.78 is 0. The van der Waals surface area contributed by atoms with Crippen molar-refractivity contribution in [2.45, 2.75) is 13.3 Å². The smallest absolute Gasteiger partial charge is 0.335 e. The molecule has 0 atom stereocenters. The molecule has 0 saturated heterocycles. The van der Waals surface area contributed by atoms with Crippen LogP contribution < -0.4 is 4.90 Å². The van der Waals surface area contributed by atoms with E-state index < -0.39 is 5.97 Å². The quantitative estimate of drug-likeness (QED) is 0.771. The Morgan fingerprint density at radius 2 is 2.38 bits per heavy atom. The molecule has 0 amide bonds. The van der Waals surface area contributed by atoms with E-state index in [4.69, 9.17) is 5.11 Å². The van der Waals surface area contributed by atoms with Crippen molar-refractivity contribution in [1.82, 2.24) is 4.98 Å². The number of aromatic carboxylic acids is 1. The van der Waals surface area contributed by atoms with E-state index in [1.165, 1.54) is 11.6 Å². The summed E-state index contributed by atoms with van der Waals surface area (Å²) in [5.41, 5.74) is 1.59. The number of aromatic nitrogens is 1. The normalized spacial score (nSPS) is 15.8. The molecule has 1 aliphatic rings. The number of carboxylic acid groups (broad SMARTS) is 1. The molecule has 1 N–H and O–H groups in total. The van der Waals surface area contributed by atoms with Gasteiger partial charge in [-0.2, -0.15) is 0 Å². The zero-order valence-corrected chi connectivity index (χ0v) is 9.18. The Bertz CT molecular complexity index is 440. The molecule has 0 unspecified atom stereocenters. The van der Waals surface area contributed by atoms with E-state index in [2.05, 4.69) is 22.9 Å². The molecule has 0 aromatic carbocycles. The van der Waals surface area contributed by atoms with Crippen LogP contribution in [0.5, 0.6) is 0 Å². The van der Waals surface area contributed by atoms with Crippen LogP contribution in [0.2, 0.25) is 0 Å². The van der Waals surface area contributed by atoms with Crippen molar-refractivity contribution >= 4 is 11.8 Å². The van der Waals surface area contributed by atoms with Gasteiger partial charge >= 0.3 is 5.97 Å². The highest BCUT2D eigenvalue weighted by Gasteiger charge is 2.13. The SMILES string of the molecule is CC1=CCCN(c2cc(C(=O)O)ccn2)C1. The number of carboxylic acids is 1. The molecule has 4 heteroatoms. The summed E-state index contributed by atoms with van der Waals surface area (Å²) in [6, 6.07) is 3.14. The Morgan fingerprint density at radius 3 is 3.06 bits per heavy atom. The zero-order chi connectivity index (χ0) is 11.5. The maximum absolute atomic E-state index is 10.8. The highest BCUT2D eigenvalue weighted by Crippen LogP contribution is 2.18. The summed E-state index contributed by atoms with van der Waals surface area (Å²) in [6.45, 7) is 3.80. The summed E-state index contributed by atoms with van der Waals surface area (Å²) in [7, 11) is 0. The first-order valence-electron chi connectivity index (χ1n) is 5.27. The van der Waals surface area contributed by atoms with Crippen LogP contribution in [0.25, 0.3) is 0 Å². The van der Waals surface area contributed by atoms with Crippen LogP contribution in [-0.2, 0) is 0 Å². The molecule has 0 bridgehead atoms. The first kappa shape index (κ1) is 10.7. The lowest BCUT2D eigenvalue weighted by Gasteiger charge is -2.27. The monoisotopic (exact) mass is 218 g/mol. The molecule has 0 spiro atoms. The van der Waals surface area contributed by atoms with Crippen LogP contribution in [0, 0.1) is 0 Å². The van der Waals surface area contributed by atoms with Crippen LogP contribution in [-0.4, -0.2) is 29.1 Å². The lowest BCUT2D eigenvalue weighted by molar-refractivity contribution is 0.0697. The molecule has 1 aliphatic heterocycles. The molecule has 84 valence electrons. The van der Waals surface area contributed by atoms with Gasteiger partial charge in [0, 0.05) is 19.3 Å². The molecular weight excluding hydrogens is 204 g/mol. The van der Waals surface area contributed by atoms with Crippen LogP contribution in [0.3, 0.4) is 0 Å². The van der Waals surface area contributed by atoms with E-state index in [0.717, 1.165) is 25.3 Å². The highest BCUT2D eigenvalue weighted by molar-refractivity contribution is 5.88. The minimum absolute atomic E-state index is 0.289. The van der Waals surface area contributed by atoms with Crippen molar-refractivity contribution in [1.29, 1.82) is 0 Å². The van der Waals surface area contributed by atoms with Crippen molar-refractivity contribution in [3.8, 4) is 0 Å². The largest absolute Gasteiger partial charge is 0.478 e. The minimum Gasteiger partial charge on any atom is -0.478 e. The Hall–Kier alpha value is -1.84. The first-order chi connectivity index (χ1) is 7.66. The average Bonchev–Trinajstić information content (AvgIpc) is 2.29. The molecule has 0 aliphatic carbocycles. The fraction of sp³-hybridized carbons (Fsp3) is 0.333. The first-order valence-corrected chi connectivity index (χ1v) is 5.27. The van der Waals surface area contributed by atoms with Gasteiger partial charge in [-0.25, -0.2) is 9.78 Å². The van der Waals surface area contributed by atoms with E-state index in [1.807, 2.05) is 0 Å². The molecule has 2 heterocycles. The molecular formula is C12H14N2O2. The van der Waals surface area contributed by atoms with Crippen LogP contribution in [0.15, 0.2) is 30.0 Å². The van der Waals surface area contributed by atoms with Gasteiger partial charge in [0.2, 0.25) is 0 Å². The predicted octanol–water partition coefficient (Wildman–Crippen LogP) is 1.94. The Labute approximate surface area is 94.2 Å². The van der Waals surface area contributed by atoms with Gasteiger partial charge in [0.25, 0.3) is 0 Å². The van der Waals surface area contributed by atoms with E-state index >= 15 is 0 Å². The fourth-order valence-electron chi connectivity index (χ4n) is 1.83. The lowest BCUT2D eigenvalue weighted by atomic mass is 10.1. The molecule has 0 saturated carbocycles. The summed E-state index contributed by atoms with van der Waals surface area (Å²) >= 11 is 0. The second kappa shape index (κ2) is 4.35. The van der Waals surface area contributed by atoms with E-state index in [1.54, 1.807) is 12.3 Å². The summed E-state index contributed by atoms with van der Waals surface area (Å²) in [6.07, 6.45) is 4.74. The van der Waals surface area contributed by atoms with Crippen molar-refractivity contribution in [3.05, 3.63) is 35.5 Å². The third-order valence-corrected chi connectivity index (χ3v) is 2.65. The minimum atomic E-state index is -0.909. The van der Waals surface area contributed by atoms with Crippen molar-refractivity contribution < 1.29 is 9.90 Å². The summed E-state index contributed by atoms with van der Waals surface area (Å²) in [5, 5.41) is 8.90. The molecule has 4 nitrogen and oxygen atoms in total. The van der Waals surface area contributed by atoms with E-state index in [-0.39, 0.29) is 5.56 Å². The van der Waals surface area contributed by atoms with Crippen LogP contribution >= 0.6 is 0 Å². The zero-order valence-electron chi connectivity index (χ0n) is 9.18. The third-order valence-electron chi connectivity index (χ3n) is 2.65. The number of rotatable bonds is 2.